The normalized spacial score (nSPS) is 18.8. The largest absolute Gasteiger partial charge is 0.374 e. The molecule has 0 aliphatic carbocycles. The van der Waals surface area contributed by atoms with Crippen molar-refractivity contribution >= 4 is 15.9 Å². The molecule has 1 aromatic rings. The Morgan fingerprint density at radius 1 is 1.37 bits per heavy atom. The molecule has 9 nitrogen and oxygen atoms in total. The van der Waals surface area contributed by atoms with Crippen molar-refractivity contribution in [2.75, 3.05) is 39.3 Å². The number of morpholine rings is 1. The molecule has 1 atom stereocenters. The molecule has 2 rings (SSSR count). The van der Waals surface area contributed by atoms with E-state index in [0.29, 0.717) is 24.8 Å². The fourth-order valence-corrected chi connectivity index (χ4v) is 4.49. The zero-order valence-corrected chi connectivity index (χ0v) is 17.3. The number of aryl methyl sites for hydroxylation is 2. The van der Waals surface area contributed by atoms with Crippen LogP contribution in [0.1, 0.15) is 31.7 Å². The van der Waals surface area contributed by atoms with Crippen LogP contribution < -0.4 is 10.0 Å². The summed E-state index contributed by atoms with van der Waals surface area (Å²) >= 11 is 0. The first-order valence-corrected chi connectivity index (χ1v) is 10.7. The summed E-state index contributed by atoms with van der Waals surface area (Å²) in [6.07, 6.45) is 0.00541. The summed E-state index contributed by atoms with van der Waals surface area (Å²) in [4.78, 5) is 14.4. The van der Waals surface area contributed by atoms with Gasteiger partial charge in [0.2, 0.25) is 15.9 Å². The minimum absolute atomic E-state index is 0.00320. The molecule has 0 aromatic carbocycles. The molecule has 0 radical (unpaired) electrons. The molecule has 27 heavy (non-hydrogen) atoms. The summed E-state index contributed by atoms with van der Waals surface area (Å²) in [5.41, 5.74) is 0.296. The predicted molar refractivity (Wildman–Crippen MR) is 99.8 cm³/mol. The number of nitrogens with one attached hydrogen (secondary N) is 2. The highest BCUT2D eigenvalue weighted by Crippen LogP contribution is 2.18. The summed E-state index contributed by atoms with van der Waals surface area (Å²) in [5, 5.41) is 6.45. The molecule has 0 saturated carbocycles. The molecule has 1 unspecified atom stereocenters. The number of sulfonamides is 1. The van der Waals surface area contributed by atoms with Gasteiger partial charge in [0.05, 0.1) is 12.7 Å². The molecule has 1 aliphatic rings. The summed E-state index contributed by atoms with van der Waals surface area (Å²) in [5.74, 6) is 0.593. The van der Waals surface area contributed by atoms with Gasteiger partial charge in [0, 0.05) is 39.1 Å². The van der Waals surface area contributed by atoms with Gasteiger partial charge in [-0.2, -0.15) is 0 Å². The topological polar surface area (TPSA) is 114 Å². The lowest BCUT2D eigenvalue weighted by atomic mass is 10.2. The highest BCUT2D eigenvalue weighted by molar-refractivity contribution is 7.89. The molecule has 1 aliphatic heterocycles. The molecule has 154 valence electrons. The number of rotatable bonds is 9. The van der Waals surface area contributed by atoms with E-state index in [1.807, 2.05) is 0 Å². The van der Waals surface area contributed by atoms with Crippen LogP contribution in [0, 0.1) is 19.8 Å². The number of hydrogen-bond donors (Lipinski definition) is 2. The maximum absolute atomic E-state index is 12.3. The van der Waals surface area contributed by atoms with E-state index in [4.69, 9.17) is 9.26 Å². The van der Waals surface area contributed by atoms with Gasteiger partial charge in [0.15, 0.2) is 5.76 Å². The number of hydrogen-bond acceptors (Lipinski definition) is 7. The minimum atomic E-state index is -3.75. The first-order chi connectivity index (χ1) is 12.7. The van der Waals surface area contributed by atoms with Gasteiger partial charge in [-0.05, 0) is 19.8 Å². The lowest BCUT2D eigenvalue weighted by Crippen LogP contribution is -2.48. The fraction of sp³-hybridized carbons (Fsp3) is 0.765. The van der Waals surface area contributed by atoms with Crippen LogP contribution in [0.15, 0.2) is 9.42 Å². The Kier molecular flexibility index (Phi) is 7.78. The van der Waals surface area contributed by atoms with E-state index in [2.05, 4.69) is 33.9 Å². The molecular formula is C17H30N4O5S. The van der Waals surface area contributed by atoms with E-state index in [-0.39, 0.29) is 35.6 Å². The number of carbonyl (C=O) groups is 1. The minimum Gasteiger partial charge on any atom is -0.374 e. The van der Waals surface area contributed by atoms with Crippen LogP contribution in [-0.4, -0.2) is 69.8 Å². The Balaban J connectivity index is 1.72. The van der Waals surface area contributed by atoms with Crippen LogP contribution in [0.2, 0.25) is 0 Å². The highest BCUT2D eigenvalue weighted by Gasteiger charge is 2.24. The fourth-order valence-electron chi connectivity index (χ4n) is 3.13. The van der Waals surface area contributed by atoms with E-state index < -0.39 is 10.0 Å². The Bertz CT molecular complexity index is 712. The average molecular weight is 403 g/mol. The van der Waals surface area contributed by atoms with Crippen molar-refractivity contribution in [3.05, 3.63) is 11.5 Å². The van der Waals surface area contributed by atoms with Crippen LogP contribution in [0.4, 0.5) is 0 Å². The van der Waals surface area contributed by atoms with Gasteiger partial charge in [0.1, 0.15) is 10.6 Å². The summed E-state index contributed by atoms with van der Waals surface area (Å²) in [6.45, 7) is 11.2. The highest BCUT2D eigenvalue weighted by atomic mass is 32.2. The average Bonchev–Trinajstić information content (AvgIpc) is 2.92. The molecule has 2 heterocycles. The molecular weight excluding hydrogens is 372 g/mol. The summed E-state index contributed by atoms with van der Waals surface area (Å²) in [6, 6.07) is 0. The Morgan fingerprint density at radius 2 is 2.11 bits per heavy atom. The standard InChI is InChI=1S/C17H30N4O5S/c1-12(2)10-21-7-8-25-15(11-21)9-18-16(22)5-6-19-27(23,24)17-13(3)20-26-14(17)4/h12,15,19H,5-11H2,1-4H3,(H,18,22). The van der Waals surface area contributed by atoms with Crippen LogP contribution in [-0.2, 0) is 19.6 Å². The van der Waals surface area contributed by atoms with Crippen LogP contribution in [0.5, 0.6) is 0 Å². The molecule has 2 N–H and O–H groups in total. The number of nitrogens with zero attached hydrogens (tertiary/aromatic N) is 2. The van der Waals surface area contributed by atoms with Gasteiger partial charge in [-0.3, -0.25) is 9.69 Å². The zero-order valence-electron chi connectivity index (χ0n) is 16.4. The summed E-state index contributed by atoms with van der Waals surface area (Å²) in [7, 11) is -3.75. The van der Waals surface area contributed by atoms with E-state index in [0.717, 1.165) is 19.6 Å². The summed E-state index contributed by atoms with van der Waals surface area (Å²) < 4.78 is 37.5. The number of carbonyl (C=O) groups excluding carboxylic acids is 1. The predicted octanol–water partition coefficient (Wildman–Crippen LogP) is 0.433. The van der Waals surface area contributed by atoms with Gasteiger partial charge in [-0.25, -0.2) is 13.1 Å². The van der Waals surface area contributed by atoms with Gasteiger partial charge < -0.3 is 14.6 Å². The molecule has 1 aromatic heterocycles. The monoisotopic (exact) mass is 402 g/mol. The number of amides is 1. The molecule has 1 amide bonds. The van der Waals surface area contributed by atoms with Crippen molar-refractivity contribution in [2.45, 2.75) is 45.1 Å². The lowest BCUT2D eigenvalue weighted by Gasteiger charge is -2.33. The molecule has 0 bridgehead atoms. The first-order valence-electron chi connectivity index (χ1n) is 9.22. The Hall–Kier alpha value is -1.49. The lowest BCUT2D eigenvalue weighted by molar-refractivity contribution is -0.122. The van der Waals surface area contributed by atoms with E-state index in [1.165, 1.54) is 6.92 Å². The molecule has 1 saturated heterocycles. The zero-order chi connectivity index (χ0) is 20.0. The van der Waals surface area contributed by atoms with Crippen molar-refractivity contribution < 1.29 is 22.5 Å². The van der Waals surface area contributed by atoms with Crippen molar-refractivity contribution in [3.8, 4) is 0 Å². The third kappa shape index (κ3) is 6.56. The SMILES string of the molecule is Cc1noc(C)c1S(=O)(=O)NCCC(=O)NCC1CN(CC(C)C)CCO1. The second-order valence-electron chi connectivity index (χ2n) is 7.25. The van der Waals surface area contributed by atoms with Gasteiger partial charge in [-0.1, -0.05) is 19.0 Å². The van der Waals surface area contributed by atoms with Crippen LogP contribution in [0.3, 0.4) is 0 Å². The van der Waals surface area contributed by atoms with E-state index >= 15 is 0 Å². The van der Waals surface area contributed by atoms with Crippen molar-refractivity contribution in [3.63, 3.8) is 0 Å². The van der Waals surface area contributed by atoms with Gasteiger partial charge >= 0.3 is 0 Å². The smallest absolute Gasteiger partial charge is 0.245 e. The quantitative estimate of drug-likeness (QED) is 0.616. The molecule has 10 heteroatoms. The van der Waals surface area contributed by atoms with Crippen LogP contribution >= 0.6 is 0 Å². The van der Waals surface area contributed by atoms with Gasteiger partial charge in [-0.15, -0.1) is 0 Å². The second-order valence-corrected chi connectivity index (χ2v) is 8.96. The first kappa shape index (κ1) is 21.8. The number of aromatic nitrogens is 1. The van der Waals surface area contributed by atoms with Crippen LogP contribution in [0.25, 0.3) is 0 Å². The van der Waals surface area contributed by atoms with Crippen molar-refractivity contribution in [1.82, 2.24) is 20.1 Å². The Labute approximate surface area is 160 Å². The van der Waals surface area contributed by atoms with E-state index in [1.54, 1.807) is 6.92 Å². The molecule has 1 fully saturated rings. The third-order valence-electron chi connectivity index (χ3n) is 4.25. The maximum atomic E-state index is 12.3. The number of ether oxygens (including phenoxy) is 1. The van der Waals surface area contributed by atoms with E-state index in [9.17, 15) is 13.2 Å². The van der Waals surface area contributed by atoms with Crippen molar-refractivity contribution in [1.29, 1.82) is 0 Å². The third-order valence-corrected chi connectivity index (χ3v) is 5.96. The second kappa shape index (κ2) is 9.63. The molecule has 0 spiro atoms. The maximum Gasteiger partial charge on any atom is 0.245 e. The Morgan fingerprint density at radius 3 is 2.74 bits per heavy atom. The van der Waals surface area contributed by atoms with Gasteiger partial charge in [0.25, 0.3) is 0 Å². The van der Waals surface area contributed by atoms with Crippen molar-refractivity contribution in [2.24, 2.45) is 5.92 Å².